The average molecular weight is 267 g/mol. The summed E-state index contributed by atoms with van der Waals surface area (Å²) in [6, 6.07) is 0.0287. The van der Waals surface area contributed by atoms with E-state index < -0.39 is 5.60 Å². The molecule has 5 heteroatoms. The number of carbonyl (C=O) groups is 1. The molecule has 0 saturated carbocycles. The molecule has 0 bridgehead atoms. The van der Waals surface area contributed by atoms with Crippen molar-refractivity contribution in [3.63, 3.8) is 0 Å². The van der Waals surface area contributed by atoms with Crippen molar-refractivity contribution in [2.24, 2.45) is 5.92 Å². The third-order valence-corrected chi connectivity index (χ3v) is 2.47. The van der Waals surface area contributed by atoms with Crippen molar-refractivity contribution in [2.45, 2.75) is 59.1 Å². The molecular formula is C14H25N3O2. The van der Waals surface area contributed by atoms with Crippen molar-refractivity contribution in [1.82, 2.24) is 15.3 Å². The minimum atomic E-state index is -0.475. The topological polar surface area (TPSA) is 67.0 Å². The zero-order chi connectivity index (χ0) is 14.5. The summed E-state index contributed by atoms with van der Waals surface area (Å²) in [5.74, 6) is 1.37. The number of amides is 1. The number of rotatable bonds is 5. The van der Waals surface area contributed by atoms with Gasteiger partial charge in [-0.3, -0.25) is 0 Å². The Morgan fingerprint density at radius 2 is 2.16 bits per heavy atom. The highest BCUT2D eigenvalue weighted by atomic mass is 16.6. The zero-order valence-corrected chi connectivity index (χ0v) is 12.5. The molecule has 1 amide bonds. The third kappa shape index (κ3) is 6.84. The molecule has 0 aliphatic heterocycles. The maximum absolute atomic E-state index is 11.8. The summed E-state index contributed by atoms with van der Waals surface area (Å²) in [7, 11) is 0. The van der Waals surface area contributed by atoms with Crippen LogP contribution in [0.3, 0.4) is 0 Å². The van der Waals surface area contributed by atoms with Gasteiger partial charge in [0.1, 0.15) is 11.4 Å². The van der Waals surface area contributed by atoms with E-state index in [9.17, 15) is 4.79 Å². The molecule has 1 atom stereocenters. The van der Waals surface area contributed by atoms with E-state index in [-0.39, 0.29) is 12.1 Å². The molecule has 0 aromatic carbocycles. The number of hydrogen-bond donors (Lipinski definition) is 2. The van der Waals surface area contributed by atoms with Crippen molar-refractivity contribution in [3.8, 4) is 0 Å². The van der Waals surface area contributed by atoms with Gasteiger partial charge in [0.15, 0.2) is 0 Å². The Hall–Kier alpha value is -1.52. The number of aromatic amines is 1. The lowest BCUT2D eigenvalue weighted by Crippen LogP contribution is -2.41. The Kier molecular flexibility index (Phi) is 5.39. The first-order valence-corrected chi connectivity index (χ1v) is 6.74. The lowest BCUT2D eigenvalue weighted by molar-refractivity contribution is 0.0498. The van der Waals surface area contributed by atoms with Gasteiger partial charge in [0.25, 0.3) is 0 Å². The second-order valence-corrected chi connectivity index (χ2v) is 6.21. The fraction of sp³-hybridized carbons (Fsp3) is 0.714. The van der Waals surface area contributed by atoms with Gasteiger partial charge in [-0.05, 0) is 33.1 Å². The number of nitrogens with zero attached hydrogens (tertiary/aromatic N) is 1. The smallest absolute Gasteiger partial charge is 0.407 e. The van der Waals surface area contributed by atoms with Gasteiger partial charge < -0.3 is 15.0 Å². The fourth-order valence-corrected chi connectivity index (χ4v) is 1.88. The number of nitrogens with one attached hydrogen (secondary N) is 2. The third-order valence-electron chi connectivity index (χ3n) is 2.47. The van der Waals surface area contributed by atoms with E-state index in [0.717, 1.165) is 12.2 Å². The van der Waals surface area contributed by atoms with Crippen LogP contribution in [-0.4, -0.2) is 27.7 Å². The first-order chi connectivity index (χ1) is 8.76. The van der Waals surface area contributed by atoms with Gasteiger partial charge in [-0.1, -0.05) is 13.8 Å². The molecule has 0 aliphatic rings. The van der Waals surface area contributed by atoms with Gasteiger partial charge in [0.05, 0.1) is 0 Å². The van der Waals surface area contributed by atoms with E-state index in [0.29, 0.717) is 12.3 Å². The molecule has 1 aromatic rings. The van der Waals surface area contributed by atoms with Crippen molar-refractivity contribution < 1.29 is 9.53 Å². The average Bonchev–Trinajstić information content (AvgIpc) is 2.65. The highest BCUT2D eigenvalue weighted by Gasteiger charge is 2.20. The Balaban J connectivity index is 2.56. The zero-order valence-electron chi connectivity index (χ0n) is 12.5. The fourth-order valence-electron chi connectivity index (χ4n) is 1.88. The monoisotopic (exact) mass is 267 g/mol. The molecule has 0 aliphatic carbocycles. The Labute approximate surface area is 115 Å². The minimum absolute atomic E-state index is 0.0287. The number of ether oxygens (including phenoxy) is 1. The van der Waals surface area contributed by atoms with Crippen LogP contribution in [0.5, 0.6) is 0 Å². The molecule has 1 aromatic heterocycles. The van der Waals surface area contributed by atoms with Gasteiger partial charge in [0, 0.05) is 24.9 Å². The van der Waals surface area contributed by atoms with Gasteiger partial charge in [0.2, 0.25) is 0 Å². The van der Waals surface area contributed by atoms with E-state index in [1.807, 2.05) is 20.8 Å². The molecule has 0 spiro atoms. The molecule has 19 heavy (non-hydrogen) atoms. The van der Waals surface area contributed by atoms with Crippen LogP contribution in [0.2, 0.25) is 0 Å². The summed E-state index contributed by atoms with van der Waals surface area (Å²) < 4.78 is 5.29. The standard InChI is InChI=1S/C14H25N3O2/c1-10(2)8-11(9-12-15-6-7-16-12)17-13(18)19-14(3,4)5/h6-7,10-11H,8-9H2,1-5H3,(H,15,16)(H,17,18)/t11-/m0/s1. The number of aromatic nitrogens is 2. The summed E-state index contributed by atoms with van der Waals surface area (Å²) in [6.07, 6.45) is 4.71. The molecule has 0 saturated heterocycles. The Morgan fingerprint density at radius 1 is 1.47 bits per heavy atom. The van der Waals surface area contributed by atoms with E-state index in [2.05, 4.69) is 29.1 Å². The van der Waals surface area contributed by atoms with Gasteiger partial charge >= 0.3 is 6.09 Å². The second kappa shape index (κ2) is 6.59. The lowest BCUT2D eigenvalue weighted by Gasteiger charge is -2.24. The van der Waals surface area contributed by atoms with Crippen molar-refractivity contribution >= 4 is 6.09 Å². The molecule has 108 valence electrons. The maximum atomic E-state index is 11.8. The van der Waals surface area contributed by atoms with Gasteiger partial charge in [-0.2, -0.15) is 0 Å². The first-order valence-electron chi connectivity index (χ1n) is 6.74. The predicted octanol–water partition coefficient (Wildman–Crippen LogP) is 2.89. The van der Waals surface area contributed by atoms with Crippen LogP contribution in [0.1, 0.15) is 46.9 Å². The Bertz CT molecular complexity index is 380. The van der Waals surface area contributed by atoms with Crippen LogP contribution >= 0.6 is 0 Å². The predicted molar refractivity (Wildman–Crippen MR) is 74.9 cm³/mol. The second-order valence-electron chi connectivity index (χ2n) is 6.21. The minimum Gasteiger partial charge on any atom is -0.444 e. The van der Waals surface area contributed by atoms with E-state index in [1.165, 1.54) is 0 Å². The number of alkyl carbamates (subject to hydrolysis) is 1. The number of H-pyrrole nitrogens is 1. The molecule has 2 N–H and O–H groups in total. The van der Waals surface area contributed by atoms with E-state index >= 15 is 0 Å². The summed E-state index contributed by atoms with van der Waals surface area (Å²) in [5, 5.41) is 2.92. The SMILES string of the molecule is CC(C)C[C@@H](Cc1ncc[nH]1)NC(=O)OC(C)(C)C. The normalized spacial score (nSPS) is 13.4. The lowest BCUT2D eigenvalue weighted by atomic mass is 10.0. The van der Waals surface area contributed by atoms with Crippen molar-refractivity contribution in [2.75, 3.05) is 0 Å². The highest BCUT2D eigenvalue weighted by Crippen LogP contribution is 2.11. The van der Waals surface area contributed by atoms with Crippen LogP contribution in [-0.2, 0) is 11.2 Å². The maximum Gasteiger partial charge on any atom is 0.407 e. The van der Waals surface area contributed by atoms with Crippen LogP contribution in [0.25, 0.3) is 0 Å². The quantitative estimate of drug-likeness (QED) is 0.862. The van der Waals surface area contributed by atoms with Crippen LogP contribution in [0, 0.1) is 5.92 Å². The van der Waals surface area contributed by atoms with Gasteiger partial charge in [-0.15, -0.1) is 0 Å². The summed E-state index contributed by atoms with van der Waals surface area (Å²) in [4.78, 5) is 19.1. The summed E-state index contributed by atoms with van der Waals surface area (Å²) in [6.45, 7) is 9.83. The highest BCUT2D eigenvalue weighted by molar-refractivity contribution is 5.68. The summed E-state index contributed by atoms with van der Waals surface area (Å²) >= 11 is 0. The number of carbonyl (C=O) groups excluding carboxylic acids is 1. The van der Waals surface area contributed by atoms with E-state index in [4.69, 9.17) is 4.74 Å². The summed E-state index contributed by atoms with van der Waals surface area (Å²) in [5.41, 5.74) is -0.475. The number of hydrogen-bond acceptors (Lipinski definition) is 3. The molecular weight excluding hydrogens is 242 g/mol. The van der Waals surface area contributed by atoms with Crippen LogP contribution < -0.4 is 5.32 Å². The molecule has 0 fully saturated rings. The number of imidazole rings is 1. The first kappa shape index (κ1) is 15.5. The molecule has 0 unspecified atom stereocenters. The van der Waals surface area contributed by atoms with E-state index in [1.54, 1.807) is 12.4 Å². The largest absolute Gasteiger partial charge is 0.444 e. The Morgan fingerprint density at radius 3 is 2.63 bits per heavy atom. The van der Waals surface area contributed by atoms with Crippen LogP contribution in [0.4, 0.5) is 4.79 Å². The van der Waals surface area contributed by atoms with Gasteiger partial charge in [-0.25, -0.2) is 9.78 Å². The molecule has 1 heterocycles. The van der Waals surface area contributed by atoms with Crippen molar-refractivity contribution in [1.29, 1.82) is 0 Å². The van der Waals surface area contributed by atoms with Crippen LogP contribution in [0.15, 0.2) is 12.4 Å². The molecule has 1 rings (SSSR count). The molecule has 5 nitrogen and oxygen atoms in total. The van der Waals surface area contributed by atoms with Crippen molar-refractivity contribution in [3.05, 3.63) is 18.2 Å². The molecule has 0 radical (unpaired) electrons.